The molecule has 1 atom stereocenters. The summed E-state index contributed by atoms with van der Waals surface area (Å²) in [6.07, 6.45) is 3.18. The van der Waals surface area contributed by atoms with E-state index in [0.29, 0.717) is 37.4 Å². The fraction of sp³-hybridized carbons (Fsp3) is 0.600. The van der Waals surface area contributed by atoms with Gasteiger partial charge in [0.15, 0.2) is 0 Å². The molecule has 1 aromatic carbocycles. The zero-order chi connectivity index (χ0) is 18.9. The van der Waals surface area contributed by atoms with Crippen molar-refractivity contribution in [3.63, 3.8) is 0 Å². The first-order valence-electron chi connectivity index (χ1n) is 9.46. The molecule has 1 aliphatic rings. The predicted octanol–water partition coefficient (Wildman–Crippen LogP) is 2.15. The fourth-order valence-corrected chi connectivity index (χ4v) is 3.08. The third-order valence-corrected chi connectivity index (χ3v) is 4.46. The van der Waals surface area contributed by atoms with Crippen molar-refractivity contribution in [2.45, 2.75) is 38.6 Å². The minimum atomic E-state index is -0.0279. The van der Waals surface area contributed by atoms with Crippen molar-refractivity contribution in [3.8, 4) is 5.75 Å². The monoisotopic (exact) mass is 361 g/mol. The summed E-state index contributed by atoms with van der Waals surface area (Å²) in [5.41, 5.74) is 0.590. The molecule has 144 valence electrons. The van der Waals surface area contributed by atoms with Crippen LogP contribution < -0.4 is 10.1 Å². The fourth-order valence-electron chi connectivity index (χ4n) is 3.08. The van der Waals surface area contributed by atoms with Crippen LogP contribution in [0, 0.1) is 0 Å². The van der Waals surface area contributed by atoms with Gasteiger partial charge in [0.25, 0.3) is 5.91 Å². The van der Waals surface area contributed by atoms with Gasteiger partial charge in [-0.2, -0.15) is 0 Å². The SMILES string of the molecule is CCCC(=O)NC1CCCN(C(=O)c2ccccc2OCCN(C)C)C1. The smallest absolute Gasteiger partial charge is 0.257 e. The topological polar surface area (TPSA) is 61.9 Å². The van der Waals surface area contributed by atoms with Gasteiger partial charge in [0.05, 0.1) is 5.56 Å². The molecule has 1 N–H and O–H groups in total. The highest BCUT2D eigenvalue weighted by Crippen LogP contribution is 2.22. The molecular weight excluding hydrogens is 330 g/mol. The summed E-state index contributed by atoms with van der Waals surface area (Å²) in [6, 6.07) is 7.43. The molecule has 6 heteroatoms. The van der Waals surface area contributed by atoms with E-state index in [1.165, 1.54) is 0 Å². The largest absolute Gasteiger partial charge is 0.491 e. The highest BCUT2D eigenvalue weighted by atomic mass is 16.5. The van der Waals surface area contributed by atoms with Crippen molar-refractivity contribution in [1.82, 2.24) is 15.1 Å². The van der Waals surface area contributed by atoms with Crippen molar-refractivity contribution in [3.05, 3.63) is 29.8 Å². The van der Waals surface area contributed by atoms with Crippen molar-refractivity contribution in [2.75, 3.05) is 40.3 Å². The number of para-hydroxylation sites is 1. The standard InChI is InChI=1S/C20H31N3O3/c1-4-8-19(24)21-16-9-7-12-23(15-16)20(25)17-10-5-6-11-18(17)26-14-13-22(2)3/h5-6,10-11,16H,4,7-9,12-15H2,1-3H3,(H,21,24). The molecule has 1 heterocycles. The molecule has 1 unspecified atom stereocenters. The number of rotatable bonds is 8. The first kappa shape index (κ1) is 20.2. The molecule has 6 nitrogen and oxygen atoms in total. The average molecular weight is 361 g/mol. The maximum absolute atomic E-state index is 13.0. The summed E-state index contributed by atoms with van der Waals surface area (Å²) in [7, 11) is 3.97. The number of likely N-dealkylation sites (tertiary alicyclic amines) is 1. The third-order valence-electron chi connectivity index (χ3n) is 4.46. The molecule has 26 heavy (non-hydrogen) atoms. The summed E-state index contributed by atoms with van der Waals surface area (Å²) in [4.78, 5) is 28.7. The van der Waals surface area contributed by atoms with Crippen LogP contribution in [0.3, 0.4) is 0 Å². The lowest BCUT2D eigenvalue weighted by atomic mass is 10.0. The second-order valence-corrected chi connectivity index (χ2v) is 7.06. The normalized spacial score (nSPS) is 17.2. The number of ether oxygens (including phenoxy) is 1. The lowest BCUT2D eigenvalue weighted by molar-refractivity contribution is -0.122. The summed E-state index contributed by atoms with van der Waals surface area (Å²) in [5, 5.41) is 3.05. The van der Waals surface area contributed by atoms with E-state index in [2.05, 4.69) is 5.32 Å². The van der Waals surface area contributed by atoms with Crippen molar-refractivity contribution >= 4 is 11.8 Å². The molecule has 1 aliphatic heterocycles. The Kier molecular flexibility index (Phi) is 7.91. The van der Waals surface area contributed by atoms with Crippen LogP contribution in [0.1, 0.15) is 43.0 Å². The predicted molar refractivity (Wildman–Crippen MR) is 102 cm³/mol. The van der Waals surface area contributed by atoms with Gasteiger partial charge in [0, 0.05) is 32.1 Å². The van der Waals surface area contributed by atoms with Gasteiger partial charge in [-0.25, -0.2) is 0 Å². The Morgan fingerprint density at radius 1 is 1.31 bits per heavy atom. The number of carbonyl (C=O) groups excluding carboxylic acids is 2. The minimum Gasteiger partial charge on any atom is -0.491 e. The number of piperidine rings is 1. The number of likely N-dealkylation sites (N-methyl/N-ethyl adjacent to an activating group) is 1. The van der Waals surface area contributed by atoms with E-state index in [1.54, 1.807) is 0 Å². The zero-order valence-electron chi connectivity index (χ0n) is 16.2. The van der Waals surface area contributed by atoms with Gasteiger partial charge in [0.2, 0.25) is 5.91 Å². The number of nitrogens with zero attached hydrogens (tertiary/aromatic N) is 2. The van der Waals surface area contributed by atoms with Gasteiger partial charge in [-0.15, -0.1) is 0 Å². The van der Waals surface area contributed by atoms with E-state index in [-0.39, 0.29) is 17.9 Å². The number of carbonyl (C=O) groups is 2. The maximum atomic E-state index is 13.0. The zero-order valence-corrected chi connectivity index (χ0v) is 16.2. The Bertz CT molecular complexity index is 604. The van der Waals surface area contributed by atoms with E-state index in [1.807, 2.05) is 55.1 Å². The van der Waals surface area contributed by atoms with E-state index in [9.17, 15) is 9.59 Å². The number of hydrogen-bond donors (Lipinski definition) is 1. The molecular formula is C20H31N3O3. The highest BCUT2D eigenvalue weighted by Gasteiger charge is 2.26. The number of amides is 2. The summed E-state index contributed by atoms with van der Waals surface area (Å²) < 4.78 is 5.82. The third kappa shape index (κ3) is 6.02. The van der Waals surface area contributed by atoms with Gasteiger partial charge in [-0.1, -0.05) is 19.1 Å². The van der Waals surface area contributed by atoms with E-state index in [4.69, 9.17) is 4.74 Å². The minimum absolute atomic E-state index is 0.0279. The van der Waals surface area contributed by atoms with Crippen LogP contribution >= 0.6 is 0 Å². The van der Waals surface area contributed by atoms with Crippen LogP contribution in [-0.2, 0) is 4.79 Å². The molecule has 0 aromatic heterocycles. The van der Waals surface area contributed by atoms with Gasteiger partial charge >= 0.3 is 0 Å². The van der Waals surface area contributed by atoms with Gasteiger partial charge < -0.3 is 19.9 Å². The number of hydrogen-bond acceptors (Lipinski definition) is 4. The Morgan fingerprint density at radius 2 is 2.08 bits per heavy atom. The molecule has 1 fully saturated rings. The van der Waals surface area contributed by atoms with Crippen LogP contribution in [0.5, 0.6) is 5.75 Å². The first-order chi connectivity index (χ1) is 12.5. The number of benzene rings is 1. The molecule has 0 radical (unpaired) electrons. The van der Waals surface area contributed by atoms with E-state index in [0.717, 1.165) is 25.8 Å². The highest BCUT2D eigenvalue weighted by molar-refractivity contribution is 5.97. The second-order valence-electron chi connectivity index (χ2n) is 7.06. The summed E-state index contributed by atoms with van der Waals surface area (Å²) in [5.74, 6) is 0.663. The second kappa shape index (κ2) is 10.2. The molecule has 0 saturated carbocycles. The van der Waals surface area contributed by atoms with Crippen LogP contribution in [-0.4, -0.2) is 68.0 Å². The van der Waals surface area contributed by atoms with Gasteiger partial charge in [-0.3, -0.25) is 9.59 Å². The Balaban J connectivity index is 2.00. The van der Waals surface area contributed by atoms with Gasteiger partial charge in [-0.05, 0) is 45.5 Å². The van der Waals surface area contributed by atoms with Crippen LogP contribution in [0.15, 0.2) is 24.3 Å². The quantitative estimate of drug-likeness (QED) is 0.771. The summed E-state index contributed by atoms with van der Waals surface area (Å²) in [6.45, 7) is 4.58. The van der Waals surface area contributed by atoms with E-state index >= 15 is 0 Å². The molecule has 1 saturated heterocycles. The lowest BCUT2D eigenvalue weighted by Crippen LogP contribution is -2.49. The van der Waals surface area contributed by atoms with Crippen LogP contribution in [0.2, 0.25) is 0 Å². The van der Waals surface area contributed by atoms with Crippen molar-refractivity contribution in [2.24, 2.45) is 0 Å². The molecule has 1 aromatic rings. The van der Waals surface area contributed by atoms with E-state index < -0.39 is 0 Å². The molecule has 2 amide bonds. The lowest BCUT2D eigenvalue weighted by Gasteiger charge is -2.33. The Morgan fingerprint density at radius 3 is 2.81 bits per heavy atom. The maximum Gasteiger partial charge on any atom is 0.257 e. The Labute approximate surface area is 156 Å². The molecule has 0 bridgehead atoms. The molecule has 2 rings (SSSR count). The number of nitrogens with one attached hydrogen (secondary N) is 1. The molecule has 0 spiro atoms. The Hall–Kier alpha value is -2.08. The van der Waals surface area contributed by atoms with Crippen LogP contribution in [0.4, 0.5) is 0 Å². The first-order valence-corrected chi connectivity index (χ1v) is 9.46. The molecule has 0 aliphatic carbocycles. The van der Waals surface area contributed by atoms with Crippen molar-refractivity contribution in [1.29, 1.82) is 0 Å². The van der Waals surface area contributed by atoms with Crippen molar-refractivity contribution < 1.29 is 14.3 Å². The summed E-state index contributed by atoms with van der Waals surface area (Å²) >= 11 is 0. The van der Waals surface area contributed by atoms with Gasteiger partial charge in [0.1, 0.15) is 12.4 Å². The average Bonchev–Trinajstić information content (AvgIpc) is 2.61. The van der Waals surface area contributed by atoms with Crippen LogP contribution in [0.25, 0.3) is 0 Å².